The van der Waals surface area contributed by atoms with Crippen molar-refractivity contribution in [3.05, 3.63) is 41.2 Å². The number of hydrogen-bond donors (Lipinski definition) is 2. The SMILES string of the molecule is CN(C)CCN1C(=O)C(O)=C(C(=O)C(C)(C)C)C1c1ccc(O)cc1. The normalized spacial score (nSPS) is 18.4. The van der Waals surface area contributed by atoms with Gasteiger partial charge in [0.2, 0.25) is 0 Å². The van der Waals surface area contributed by atoms with Gasteiger partial charge in [-0.2, -0.15) is 0 Å². The van der Waals surface area contributed by atoms with Gasteiger partial charge in [-0.1, -0.05) is 32.9 Å². The van der Waals surface area contributed by atoms with Crippen LogP contribution in [0.25, 0.3) is 0 Å². The van der Waals surface area contributed by atoms with E-state index in [1.807, 2.05) is 19.0 Å². The predicted octanol–water partition coefficient (Wildman–Crippen LogP) is 2.26. The lowest BCUT2D eigenvalue weighted by atomic mass is 9.82. The summed E-state index contributed by atoms with van der Waals surface area (Å²) in [6, 6.07) is 5.71. The zero-order valence-electron chi connectivity index (χ0n) is 15.4. The van der Waals surface area contributed by atoms with Gasteiger partial charge in [-0.25, -0.2) is 0 Å². The van der Waals surface area contributed by atoms with E-state index in [4.69, 9.17) is 0 Å². The Morgan fingerprint density at radius 1 is 1.16 bits per heavy atom. The Bertz CT molecular complexity index is 699. The van der Waals surface area contributed by atoms with Gasteiger partial charge in [0.05, 0.1) is 11.6 Å². The molecule has 0 aromatic heterocycles. The van der Waals surface area contributed by atoms with Gasteiger partial charge in [-0.15, -0.1) is 0 Å². The summed E-state index contributed by atoms with van der Waals surface area (Å²) in [4.78, 5) is 29.0. The van der Waals surface area contributed by atoms with Crippen LogP contribution in [-0.2, 0) is 9.59 Å². The summed E-state index contributed by atoms with van der Waals surface area (Å²) in [5.41, 5.74) is 0.0829. The van der Waals surface area contributed by atoms with Crippen LogP contribution in [0, 0.1) is 5.41 Å². The number of amides is 1. The second kappa shape index (κ2) is 6.88. The molecule has 6 heteroatoms. The minimum atomic E-state index is -0.726. The molecule has 1 amide bonds. The van der Waals surface area contributed by atoms with Gasteiger partial charge < -0.3 is 20.0 Å². The van der Waals surface area contributed by atoms with Gasteiger partial charge in [0.25, 0.3) is 5.91 Å². The maximum atomic E-state index is 12.9. The molecule has 2 N–H and O–H groups in total. The molecule has 1 aliphatic heterocycles. The summed E-state index contributed by atoms with van der Waals surface area (Å²) < 4.78 is 0. The average Bonchev–Trinajstić information content (AvgIpc) is 2.76. The van der Waals surface area contributed by atoms with E-state index >= 15 is 0 Å². The number of likely N-dealkylation sites (N-methyl/N-ethyl adjacent to an activating group) is 1. The first-order valence-electron chi connectivity index (χ1n) is 8.26. The van der Waals surface area contributed by atoms with Crippen LogP contribution < -0.4 is 0 Å². The maximum absolute atomic E-state index is 12.9. The van der Waals surface area contributed by atoms with Gasteiger partial charge in [-0.05, 0) is 31.8 Å². The van der Waals surface area contributed by atoms with Gasteiger partial charge in [0.1, 0.15) is 5.75 Å². The second-order valence-electron chi connectivity index (χ2n) is 7.64. The molecule has 0 saturated heterocycles. The molecule has 0 fully saturated rings. The number of ketones is 1. The fourth-order valence-corrected chi connectivity index (χ4v) is 2.83. The third kappa shape index (κ3) is 3.85. The van der Waals surface area contributed by atoms with Crippen molar-refractivity contribution in [2.45, 2.75) is 26.8 Å². The van der Waals surface area contributed by atoms with Crippen molar-refractivity contribution in [1.29, 1.82) is 0 Å². The number of aromatic hydroxyl groups is 1. The molecular formula is C19H26N2O4. The van der Waals surface area contributed by atoms with E-state index in [2.05, 4.69) is 0 Å². The lowest BCUT2D eigenvalue weighted by molar-refractivity contribution is -0.129. The van der Waals surface area contributed by atoms with E-state index in [0.29, 0.717) is 18.7 Å². The number of Topliss-reactive ketones (excluding diaryl/α,β-unsaturated/α-hetero) is 1. The lowest BCUT2D eigenvalue weighted by Crippen LogP contribution is -2.37. The standard InChI is InChI=1S/C19H26N2O4/c1-19(2,3)17(24)14-15(12-6-8-13(22)9-7-12)21(11-10-20(4)5)18(25)16(14)23/h6-9,15,22-23H,10-11H2,1-5H3. The van der Waals surface area contributed by atoms with Crippen LogP contribution >= 0.6 is 0 Å². The Balaban J connectivity index is 2.52. The second-order valence-corrected chi connectivity index (χ2v) is 7.64. The molecule has 25 heavy (non-hydrogen) atoms. The van der Waals surface area contributed by atoms with Crippen LogP contribution in [0.2, 0.25) is 0 Å². The van der Waals surface area contributed by atoms with E-state index in [1.54, 1.807) is 32.9 Å². The number of phenolic OH excluding ortho intramolecular Hbond substituents is 1. The quantitative estimate of drug-likeness (QED) is 0.855. The highest BCUT2D eigenvalue weighted by Crippen LogP contribution is 2.40. The van der Waals surface area contributed by atoms with E-state index in [9.17, 15) is 19.8 Å². The summed E-state index contributed by atoms with van der Waals surface area (Å²) in [5.74, 6) is -1.17. The highest BCUT2D eigenvalue weighted by atomic mass is 16.3. The Kier molecular flexibility index (Phi) is 5.23. The molecule has 1 heterocycles. The summed E-state index contributed by atoms with van der Waals surface area (Å²) in [6.07, 6.45) is 0. The fraction of sp³-hybridized carbons (Fsp3) is 0.474. The molecule has 1 aliphatic rings. The number of rotatable bonds is 5. The largest absolute Gasteiger partial charge is 0.508 e. The molecule has 0 spiro atoms. The topological polar surface area (TPSA) is 81.1 Å². The molecule has 1 unspecified atom stereocenters. The minimum absolute atomic E-state index is 0.102. The number of benzene rings is 1. The summed E-state index contributed by atoms with van der Waals surface area (Å²) in [6.45, 7) is 6.26. The summed E-state index contributed by atoms with van der Waals surface area (Å²) >= 11 is 0. The molecule has 136 valence electrons. The zero-order valence-corrected chi connectivity index (χ0v) is 15.4. The maximum Gasteiger partial charge on any atom is 0.290 e. The van der Waals surface area contributed by atoms with Crippen LogP contribution in [0.3, 0.4) is 0 Å². The molecule has 0 bridgehead atoms. The van der Waals surface area contributed by atoms with Crippen molar-refractivity contribution < 1.29 is 19.8 Å². The highest BCUT2D eigenvalue weighted by Gasteiger charge is 2.45. The minimum Gasteiger partial charge on any atom is -0.508 e. The number of carbonyl (C=O) groups excluding carboxylic acids is 2. The lowest BCUT2D eigenvalue weighted by Gasteiger charge is -2.29. The molecule has 2 rings (SSSR count). The summed E-state index contributed by atoms with van der Waals surface area (Å²) in [7, 11) is 3.79. The Hall–Kier alpha value is -2.34. The number of nitrogens with zero attached hydrogens (tertiary/aromatic N) is 2. The third-order valence-corrected chi connectivity index (χ3v) is 4.23. The first-order chi connectivity index (χ1) is 11.5. The fourth-order valence-electron chi connectivity index (χ4n) is 2.83. The monoisotopic (exact) mass is 346 g/mol. The first-order valence-corrected chi connectivity index (χ1v) is 8.26. The first kappa shape index (κ1) is 19.0. The molecule has 1 aromatic rings. The molecule has 0 radical (unpaired) electrons. The Labute approximate surface area is 148 Å². The van der Waals surface area contributed by atoms with Crippen LogP contribution in [-0.4, -0.2) is 58.9 Å². The average molecular weight is 346 g/mol. The number of carbonyl (C=O) groups is 2. The molecule has 6 nitrogen and oxygen atoms in total. The van der Waals surface area contributed by atoms with Gasteiger partial charge in [-0.3, -0.25) is 9.59 Å². The highest BCUT2D eigenvalue weighted by molar-refractivity contribution is 6.10. The van der Waals surface area contributed by atoms with Crippen molar-refractivity contribution in [3.8, 4) is 5.75 Å². The van der Waals surface area contributed by atoms with Crippen LogP contribution in [0.5, 0.6) is 5.75 Å². The zero-order chi connectivity index (χ0) is 18.9. The predicted molar refractivity (Wildman–Crippen MR) is 95.2 cm³/mol. The Morgan fingerprint density at radius 3 is 2.20 bits per heavy atom. The van der Waals surface area contributed by atoms with Gasteiger partial charge >= 0.3 is 0 Å². The van der Waals surface area contributed by atoms with Gasteiger partial charge in [0, 0.05) is 18.5 Å². The number of aliphatic hydroxyl groups is 1. The molecule has 0 saturated carbocycles. The summed E-state index contributed by atoms with van der Waals surface area (Å²) in [5, 5.41) is 20.0. The van der Waals surface area contributed by atoms with Crippen molar-refractivity contribution in [1.82, 2.24) is 9.80 Å². The molecular weight excluding hydrogens is 320 g/mol. The van der Waals surface area contributed by atoms with Crippen LogP contribution in [0.4, 0.5) is 0 Å². The molecule has 0 aliphatic carbocycles. The number of phenols is 1. The van der Waals surface area contributed by atoms with Crippen molar-refractivity contribution in [2.24, 2.45) is 5.41 Å². The Morgan fingerprint density at radius 2 is 1.72 bits per heavy atom. The van der Waals surface area contributed by atoms with Crippen molar-refractivity contribution in [2.75, 3.05) is 27.2 Å². The van der Waals surface area contributed by atoms with Crippen LogP contribution in [0.1, 0.15) is 32.4 Å². The van der Waals surface area contributed by atoms with Crippen LogP contribution in [0.15, 0.2) is 35.6 Å². The molecule has 1 aromatic carbocycles. The van der Waals surface area contributed by atoms with E-state index in [0.717, 1.165) is 0 Å². The number of aliphatic hydroxyl groups excluding tert-OH is 1. The van der Waals surface area contributed by atoms with Crippen molar-refractivity contribution in [3.63, 3.8) is 0 Å². The smallest absolute Gasteiger partial charge is 0.290 e. The van der Waals surface area contributed by atoms with E-state index in [1.165, 1.54) is 17.0 Å². The molecule has 1 atom stereocenters. The van der Waals surface area contributed by atoms with E-state index < -0.39 is 23.1 Å². The van der Waals surface area contributed by atoms with Crippen molar-refractivity contribution >= 4 is 11.7 Å². The number of hydrogen-bond acceptors (Lipinski definition) is 5. The third-order valence-electron chi connectivity index (χ3n) is 4.23. The van der Waals surface area contributed by atoms with Gasteiger partial charge in [0.15, 0.2) is 11.5 Å². The van der Waals surface area contributed by atoms with E-state index in [-0.39, 0.29) is 17.1 Å².